The van der Waals surface area contributed by atoms with Gasteiger partial charge in [0, 0.05) is 12.8 Å². The van der Waals surface area contributed by atoms with Gasteiger partial charge >= 0.3 is 11.9 Å². The van der Waals surface area contributed by atoms with Crippen LogP contribution in [0.2, 0.25) is 0 Å². The standard InChI is InChI=1S/C46H82O4/c1-3-5-7-9-11-13-15-17-19-20-22-24-26-28-30-35-39-43-46(49)50-44(41-37-33-31-34-38-42-45(47)48)40-36-32-29-27-25-23-21-18-16-14-12-10-8-6-4-2/h6,8,12,14,18,21,25,27,44H,3-5,7,9-11,13,15-17,19-20,22-24,26,28-43H2,1-2H3,(H,47,48)/b8-6-,14-12-,21-18-,27-25-. The average Bonchev–Trinajstić information content (AvgIpc) is 3.10. The maximum Gasteiger partial charge on any atom is 0.306 e. The third-order valence-corrected chi connectivity index (χ3v) is 9.57. The number of carbonyl (C=O) groups is 2. The van der Waals surface area contributed by atoms with Crippen LogP contribution in [0.3, 0.4) is 0 Å². The monoisotopic (exact) mass is 699 g/mol. The van der Waals surface area contributed by atoms with E-state index in [2.05, 4.69) is 62.5 Å². The van der Waals surface area contributed by atoms with Gasteiger partial charge in [0.25, 0.3) is 0 Å². The molecule has 0 aliphatic carbocycles. The number of allylic oxidation sites excluding steroid dienone is 8. The van der Waals surface area contributed by atoms with Crippen LogP contribution < -0.4 is 0 Å². The zero-order chi connectivity index (χ0) is 36.4. The highest BCUT2D eigenvalue weighted by Gasteiger charge is 2.14. The highest BCUT2D eigenvalue weighted by molar-refractivity contribution is 5.69. The number of hydrogen-bond donors (Lipinski definition) is 1. The molecular formula is C46H82O4. The van der Waals surface area contributed by atoms with Gasteiger partial charge in [-0.25, -0.2) is 0 Å². The van der Waals surface area contributed by atoms with Crippen LogP contribution in [0.1, 0.15) is 226 Å². The van der Waals surface area contributed by atoms with Crippen molar-refractivity contribution in [2.24, 2.45) is 0 Å². The molecule has 0 saturated heterocycles. The molecule has 1 N–H and O–H groups in total. The summed E-state index contributed by atoms with van der Waals surface area (Å²) < 4.78 is 6.00. The van der Waals surface area contributed by atoms with Crippen molar-refractivity contribution in [2.75, 3.05) is 0 Å². The lowest BCUT2D eigenvalue weighted by molar-refractivity contribution is -0.150. The van der Waals surface area contributed by atoms with Gasteiger partial charge in [-0.3, -0.25) is 9.59 Å². The predicted molar refractivity (Wildman–Crippen MR) is 218 cm³/mol. The minimum absolute atomic E-state index is 0.0173. The molecule has 1 unspecified atom stereocenters. The number of esters is 1. The van der Waals surface area contributed by atoms with Crippen LogP contribution in [0.15, 0.2) is 48.6 Å². The first kappa shape index (κ1) is 47.9. The Kier molecular flexibility index (Phi) is 39.6. The van der Waals surface area contributed by atoms with E-state index in [1.54, 1.807) is 0 Å². The van der Waals surface area contributed by atoms with Gasteiger partial charge in [0.1, 0.15) is 6.10 Å². The Morgan fingerprint density at radius 1 is 0.460 bits per heavy atom. The minimum atomic E-state index is -0.707. The van der Waals surface area contributed by atoms with Crippen molar-refractivity contribution >= 4 is 11.9 Å². The third kappa shape index (κ3) is 40.3. The van der Waals surface area contributed by atoms with E-state index in [-0.39, 0.29) is 18.5 Å². The number of rotatable bonds is 39. The van der Waals surface area contributed by atoms with Gasteiger partial charge in [0.05, 0.1) is 0 Å². The molecule has 50 heavy (non-hydrogen) atoms. The van der Waals surface area contributed by atoms with Crippen molar-refractivity contribution in [1.29, 1.82) is 0 Å². The molecule has 0 aromatic carbocycles. The van der Waals surface area contributed by atoms with Crippen molar-refractivity contribution in [1.82, 2.24) is 0 Å². The van der Waals surface area contributed by atoms with Gasteiger partial charge in [0.2, 0.25) is 0 Å². The van der Waals surface area contributed by atoms with E-state index in [0.717, 1.165) is 103 Å². The Hall–Kier alpha value is -2.10. The average molecular weight is 699 g/mol. The molecule has 0 amide bonds. The summed E-state index contributed by atoms with van der Waals surface area (Å²) in [6, 6.07) is 0. The number of unbranched alkanes of at least 4 members (excludes halogenated alkanes) is 22. The quantitative estimate of drug-likeness (QED) is 0.0394. The van der Waals surface area contributed by atoms with E-state index in [4.69, 9.17) is 9.84 Å². The largest absolute Gasteiger partial charge is 0.481 e. The molecule has 0 bridgehead atoms. The lowest BCUT2D eigenvalue weighted by Gasteiger charge is -2.18. The Balaban J connectivity index is 4.07. The molecule has 0 aromatic rings. The normalized spacial score (nSPS) is 12.7. The van der Waals surface area contributed by atoms with Crippen LogP contribution in [0.25, 0.3) is 0 Å². The number of carboxylic acids is 1. The SMILES string of the molecule is CC/C=C\C/C=C\C/C=C\C/C=C\CCCCC(CCCCCCCC(=O)O)OC(=O)CCCCCCCCCCCCCCCCCCC. The molecule has 4 heteroatoms. The van der Waals surface area contributed by atoms with E-state index in [1.165, 1.54) is 96.3 Å². The first-order valence-corrected chi connectivity index (χ1v) is 21.6. The zero-order valence-electron chi connectivity index (χ0n) is 33.2. The van der Waals surface area contributed by atoms with Gasteiger partial charge in [-0.2, -0.15) is 0 Å². The van der Waals surface area contributed by atoms with Gasteiger partial charge in [-0.1, -0.05) is 184 Å². The molecule has 1 atom stereocenters. The molecule has 0 aliphatic rings. The molecule has 0 aromatic heterocycles. The zero-order valence-corrected chi connectivity index (χ0v) is 33.2. The Morgan fingerprint density at radius 3 is 1.30 bits per heavy atom. The summed E-state index contributed by atoms with van der Waals surface area (Å²) in [6.45, 7) is 4.45. The van der Waals surface area contributed by atoms with Crippen LogP contribution in [0, 0.1) is 0 Å². The molecule has 290 valence electrons. The highest BCUT2D eigenvalue weighted by atomic mass is 16.5. The number of carboxylic acid groups (broad SMARTS) is 1. The van der Waals surface area contributed by atoms with Crippen molar-refractivity contribution in [3.63, 3.8) is 0 Å². The second kappa shape index (κ2) is 41.3. The first-order chi connectivity index (χ1) is 24.6. The first-order valence-electron chi connectivity index (χ1n) is 21.6. The second-order valence-corrected chi connectivity index (χ2v) is 14.5. The van der Waals surface area contributed by atoms with E-state index < -0.39 is 5.97 Å². The minimum Gasteiger partial charge on any atom is -0.481 e. The summed E-state index contributed by atoms with van der Waals surface area (Å²) >= 11 is 0. The van der Waals surface area contributed by atoms with Gasteiger partial charge in [0.15, 0.2) is 0 Å². The molecule has 0 heterocycles. The van der Waals surface area contributed by atoms with Crippen molar-refractivity contribution in [3.8, 4) is 0 Å². The smallest absolute Gasteiger partial charge is 0.306 e. The Bertz CT molecular complexity index is 839. The molecule has 0 radical (unpaired) electrons. The van der Waals surface area contributed by atoms with Gasteiger partial charge < -0.3 is 9.84 Å². The topological polar surface area (TPSA) is 63.6 Å². The van der Waals surface area contributed by atoms with E-state index in [1.807, 2.05) is 0 Å². The van der Waals surface area contributed by atoms with Crippen molar-refractivity contribution in [2.45, 2.75) is 232 Å². The fourth-order valence-electron chi connectivity index (χ4n) is 6.41. The highest BCUT2D eigenvalue weighted by Crippen LogP contribution is 2.18. The van der Waals surface area contributed by atoms with Gasteiger partial charge in [-0.05, 0) is 77.0 Å². The summed E-state index contributed by atoms with van der Waals surface area (Å²) in [4.78, 5) is 23.4. The summed E-state index contributed by atoms with van der Waals surface area (Å²) in [5, 5.41) is 8.84. The Labute approximate surface area is 311 Å². The molecule has 0 spiro atoms. The molecule has 0 aliphatic heterocycles. The molecule has 0 saturated carbocycles. The van der Waals surface area contributed by atoms with Crippen molar-refractivity contribution < 1.29 is 19.4 Å². The maximum absolute atomic E-state index is 12.7. The molecule has 4 nitrogen and oxygen atoms in total. The summed E-state index contributed by atoms with van der Waals surface area (Å²) in [5.41, 5.74) is 0. The maximum atomic E-state index is 12.7. The summed E-state index contributed by atoms with van der Waals surface area (Å²) in [7, 11) is 0. The lowest BCUT2D eigenvalue weighted by Crippen LogP contribution is -2.18. The third-order valence-electron chi connectivity index (χ3n) is 9.57. The predicted octanol–water partition coefficient (Wildman–Crippen LogP) is 15.1. The van der Waals surface area contributed by atoms with Gasteiger partial charge in [-0.15, -0.1) is 0 Å². The molecule has 0 fully saturated rings. The number of ether oxygens (including phenoxy) is 1. The van der Waals surface area contributed by atoms with Crippen LogP contribution in [-0.2, 0) is 14.3 Å². The second-order valence-electron chi connectivity index (χ2n) is 14.5. The van der Waals surface area contributed by atoms with E-state index in [0.29, 0.717) is 6.42 Å². The fourth-order valence-corrected chi connectivity index (χ4v) is 6.41. The number of aliphatic carboxylic acids is 1. The molecular weight excluding hydrogens is 617 g/mol. The van der Waals surface area contributed by atoms with Crippen LogP contribution in [-0.4, -0.2) is 23.1 Å². The van der Waals surface area contributed by atoms with Crippen molar-refractivity contribution in [3.05, 3.63) is 48.6 Å². The number of hydrogen-bond acceptors (Lipinski definition) is 3. The Morgan fingerprint density at radius 2 is 0.840 bits per heavy atom. The van der Waals surface area contributed by atoms with E-state index >= 15 is 0 Å². The lowest BCUT2D eigenvalue weighted by atomic mass is 10.0. The van der Waals surface area contributed by atoms with Crippen LogP contribution >= 0.6 is 0 Å². The summed E-state index contributed by atoms with van der Waals surface area (Å²) in [6.07, 6.45) is 55.7. The summed E-state index contributed by atoms with van der Waals surface area (Å²) in [5.74, 6) is -0.724. The molecule has 0 rings (SSSR count). The number of carbonyl (C=O) groups excluding carboxylic acids is 1. The van der Waals surface area contributed by atoms with Crippen LogP contribution in [0.5, 0.6) is 0 Å². The fraction of sp³-hybridized carbons (Fsp3) is 0.783. The van der Waals surface area contributed by atoms with Crippen LogP contribution in [0.4, 0.5) is 0 Å². The van der Waals surface area contributed by atoms with E-state index in [9.17, 15) is 9.59 Å².